The van der Waals surface area contributed by atoms with E-state index >= 15 is 0 Å². The Morgan fingerprint density at radius 3 is 2.12 bits per heavy atom. The molecule has 0 rings (SSSR count). The van der Waals surface area contributed by atoms with E-state index in [0.29, 0.717) is 0 Å². The van der Waals surface area contributed by atoms with E-state index in [2.05, 4.69) is 5.32 Å². The van der Waals surface area contributed by atoms with Gasteiger partial charge < -0.3 is 21.3 Å². The Morgan fingerprint density at radius 1 is 1.24 bits per heavy atom. The maximum absolute atomic E-state index is 11.3. The van der Waals surface area contributed by atoms with Crippen molar-refractivity contribution < 1.29 is 24.6 Å². The molecular weight excluding hydrogens is 228 g/mol. The predicted octanol–water partition coefficient (Wildman–Crippen LogP) is -0.739. The first-order chi connectivity index (χ1) is 7.75. The van der Waals surface area contributed by atoms with Crippen molar-refractivity contribution in [1.82, 2.24) is 5.32 Å². The number of carbonyl (C=O) groups excluding carboxylic acids is 1. The van der Waals surface area contributed by atoms with Gasteiger partial charge in [-0.25, -0.2) is 0 Å². The second-order valence-corrected chi connectivity index (χ2v) is 4.14. The lowest BCUT2D eigenvalue weighted by molar-refractivity contribution is -0.144. The Morgan fingerprint density at radius 2 is 1.76 bits per heavy atom. The van der Waals surface area contributed by atoms with E-state index in [9.17, 15) is 14.4 Å². The van der Waals surface area contributed by atoms with Crippen LogP contribution < -0.4 is 11.1 Å². The first kappa shape index (κ1) is 15.4. The Hall–Kier alpha value is -1.63. The van der Waals surface area contributed by atoms with Crippen molar-refractivity contribution in [3.8, 4) is 0 Å². The van der Waals surface area contributed by atoms with Crippen LogP contribution in [-0.2, 0) is 14.4 Å². The van der Waals surface area contributed by atoms with Gasteiger partial charge in [-0.2, -0.15) is 0 Å². The molecule has 0 heterocycles. The molecule has 0 aliphatic carbocycles. The Bertz CT molecular complexity index is 303. The Kier molecular flexibility index (Phi) is 6.19. The number of amides is 1. The summed E-state index contributed by atoms with van der Waals surface area (Å²) in [5.74, 6) is -3.68. The summed E-state index contributed by atoms with van der Waals surface area (Å²) < 4.78 is 0. The summed E-state index contributed by atoms with van der Waals surface area (Å²) in [6.45, 7) is 3.39. The molecule has 0 aliphatic rings. The fourth-order valence-corrected chi connectivity index (χ4v) is 1.23. The largest absolute Gasteiger partial charge is 0.481 e. The van der Waals surface area contributed by atoms with Gasteiger partial charge in [-0.1, -0.05) is 13.8 Å². The van der Waals surface area contributed by atoms with E-state index in [-0.39, 0.29) is 12.5 Å². The lowest BCUT2D eigenvalue weighted by Gasteiger charge is -2.18. The second kappa shape index (κ2) is 6.85. The monoisotopic (exact) mass is 246 g/mol. The van der Waals surface area contributed by atoms with Crippen LogP contribution in [0.2, 0.25) is 0 Å². The number of rotatable bonds is 7. The molecule has 0 aromatic carbocycles. The predicted molar refractivity (Wildman–Crippen MR) is 59.2 cm³/mol. The molecule has 2 atom stereocenters. The van der Waals surface area contributed by atoms with Gasteiger partial charge in [-0.05, 0) is 5.92 Å². The van der Waals surface area contributed by atoms with Crippen LogP contribution in [0, 0.1) is 11.8 Å². The fraction of sp³-hybridized carbons (Fsp3) is 0.700. The third-order valence-corrected chi connectivity index (χ3v) is 2.35. The third kappa shape index (κ3) is 5.86. The summed E-state index contributed by atoms with van der Waals surface area (Å²) >= 11 is 0. The van der Waals surface area contributed by atoms with Crippen LogP contribution in [0.4, 0.5) is 0 Å². The van der Waals surface area contributed by atoms with Crippen LogP contribution in [-0.4, -0.2) is 40.6 Å². The number of carboxylic acids is 2. The summed E-state index contributed by atoms with van der Waals surface area (Å²) in [5.41, 5.74) is 5.32. The number of carboxylic acid groups (broad SMARTS) is 2. The molecule has 2 unspecified atom stereocenters. The minimum absolute atomic E-state index is 0.0564. The molecule has 17 heavy (non-hydrogen) atoms. The van der Waals surface area contributed by atoms with Crippen molar-refractivity contribution in [2.75, 3.05) is 6.54 Å². The van der Waals surface area contributed by atoms with E-state index < -0.39 is 36.2 Å². The minimum atomic E-state index is -1.17. The van der Waals surface area contributed by atoms with Crippen LogP contribution in [0.3, 0.4) is 0 Å². The van der Waals surface area contributed by atoms with Gasteiger partial charge in [0.2, 0.25) is 5.91 Å². The summed E-state index contributed by atoms with van der Waals surface area (Å²) in [6, 6.07) is -1.16. The van der Waals surface area contributed by atoms with Gasteiger partial charge in [-0.15, -0.1) is 0 Å². The summed E-state index contributed by atoms with van der Waals surface area (Å²) in [7, 11) is 0. The van der Waals surface area contributed by atoms with E-state index in [1.54, 1.807) is 13.8 Å². The minimum Gasteiger partial charge on any atom is -0.481 e. The van der Waals surface area contributed by atoms with Crippen LogP contribution in [0.25, 0.3) is 0 Å². The summed E-state index contributed by atoms with van der Waals surface area (Å²) in [5, 5.41) is 19.6. The number of carbonyl (C=O) groups is 3. The number of hydrogen-bond donors (Lipinski definition) is 4. The van der Waals surface area contributed by atoms with Crippen molar-refractivity contribution in [3.05, 3.63) is 0 Å². The van der Waals surface area contributed by atoms with Crippen LogP contribution >= 0.6 is 0 Å². The number of nitrogens with two attached hydrogens (primary N) is 1. The van der Waals surface area contributed by atoms with Crippen molar-refractivity contribution in [2.24, 2.45) is 17.6 Å². The highest BCUT2D eigenvalue weighted by Gasteiger charge is 2.24. The van der Waals surface area contributed by atoms with Crippen LogP contribution in [0.1, 0.15) is 20.3 Å². The van der Waals surface area contributed by atoms with Crippen molar-refractivity contribution in [1.29, 1.82) is 0 Å². The lowest BCUT2D eigenvalue weighted by atomic mass is 9.96. The zero-order chi connectivity index (χ0) is 13.6. The Labute approximate surface area is 99.0 Å². The molecule has 0 bridgehead atoms. The highest BCUT2D eigenvalue weighted by atomic mass is 16.4. The number of aliphatic carboxylic acids is 2. The lowest BCUT2D eigenvalue weighted by Crippen LogP contribution is -2.45. The van der Waals surface area contributed by atoms with Gasteiger partial charge in [0.25, 0.3) is 0 Å². The molecule has 7 heteroatoms. The molecule has 0 radical (unpaired) electrons. The maximum atomic E-state index is 11.3. The molecule has 5 N–H and O–H groups in total. The molecular formula is C10H18N2O5. The van der Waals surface area contributed by atoms with Gasteiger partial charge in [-0.3, -0.25) is 14.4 Å². The maximum Gasteiger partial charge on any atom is 0.308 e. The number of hydrogen-bond acceptors (Lipinski definition) is 4. The van der Waals surface area contributed by atoms with Gasteiger partial charge in [0, 0.05) is 6.54 Å². The van der Waals surface area contributed by atoms with Crippen molar-refractivity contribution in [2.45, 2.75) is 26.3 Å². The molecule has 98 valence electrons. The third-order valence-electron chi connectivity index (χ3n) is 2.35. The highest BCUT2D eigenvalue weighted by molar-refractivity contribution is 5.86. The van der Waals surface area contributed by atoms with E-state index in [0.717, 1.165) is 0 Å². The van der Waals surface area contributed by atoms with Crippen molar-refractivity contribution in [3.63, 3.8) is 0 Å². The standard InChI is InChI=1S/C10H18N2O5/c1-5(2)6(10(16)17)4-12-9(15)7(11)3-8(13)14/h5-7H,3-4,11H2,1-2H3,(H,12,15)(H,13,14)(H,16,17). The molecule has 7 nitrogen and oxygen atoms in total. The fourth-order valence-electron chi connectivity index (χ4n) is 1.23. The molecule has 0 saturated heterocycles. The summed E-state index contributed by atoms with van der Waals surface area (Å²) in [4.78, 5) is 32.5. The zero-order valence-corrected chi connectivity index (χ0v) is 9.84. The van der Waals surface area contributed by atoms with Crippen molar-refractivity contribution >= 4 is 17.8 Å². The topological polar surface area (TPSA) is 130 Å². The quantitative estimate of drug-likeness (QED) is 0.468. The van der Waals surface area contributed by atoms with E-state index in [4.69, 9.17) is 15.9 Å². The average Bonchev–Trinajstić information content (AvgIpc) is 2.15. The first-order valence-corrected chi connectivity index (χ1v) is 5.23. The smallest absolute Gasteiger partial charge is 0.308 e. The van der Waals surface area contributed by atoms with Crippen LogP contribution in [0.5, 0.6) is 0 Å². The second-order valence-electron chi connectivity index (χ2n) is 4.14. The van der Waals surface area contributed by atoms with Gasteiger partial charge in [0.05, 0.1) is 18.4 Å². The van der Waals surface area contributed by atoms with Gasteiger partial charge >= 0.3 is 11.9 Å². The molecule has 1 amide bonds. The van der Waals surface area contributed by atoms with E-state index in [1.807, 2.05) is 0 Å². The molecule has 0 spiro atoms. The molecule has 0 fully saturated rings. The SMILES string of the molecule is CC(C)C(CNC(=O)C(N)CC(=O)O)C(=O)O. The number of nitrogens with one attached hydrogen (secondary N) is 1. The van der Waals surface area contributed by atoms with E-state index in [1.165, 1.54) is 0 Å². The van der Waals surface area contributed by atoms with Gasteiger partial charge in [0.1, 0.15) is 0 Å². The van der Waals surface area contributed by atoms with Gasteiger partial charge in [0.15, 0.2) is 0 Å². The molecule has 0 aromatic heterocycles. The summed E-state index contributed by atoms with van der Waals surface area (Å²) in [6.07, 6.45) is -0.481. The first-order valence-electron chi connectivity index (χ1n) is 5.23. The molecule has 0 aliphatic heterocycles. The normalized spacial score (nSPS) is 14.1. The van der Waals surface area contributed by atoms with Crippen LogP contribution in [0.15, 0.2) is 0 Å². The molecule has 0 aromatic rings. The highest BCUT2D eigenvalue weighted by Crippen LogP contribution is 2.09. The molecule has 0 saturated carbocycles. The Balaban J connectivity index is 4.21. The zero-order valence-electron chi connectivity index (χ0n) is 9.84. The average molecular weight is 246 g/mol.